The normalized spacial score (nSPS) is 10.4. The lowest BCUT2D eigenvalue weighted by Gasteiger charge is -2.13. The summed E-state index contributed by atoms with van der Waals surface area (Å²) in [5.74, 6) is 1.01. The van der Waals surface area contributed by atoms with E-state index < -0.39 is 0 Å². The molecule has 3 aromatic rings. The molecule has 122 valence electrons. The third-order valence-electron chi connectivity index (χ3n) is 3.76. The van der Waals surface area contributed by atoms with Crippen LogP contribution in [0.15, 0.2) is 66.7 Å². The Morgan fingerprint density at radius 3 is 2.29 bits per heavy atom. The molecule has 0 aliphatic heterocycles. The predicted octanol–water partition coefficient (Wildman–Crippen LogP) is 4.14. The van der Waals surface area contributed by atoms with Gasteiger partial charge in [0.1, 0.15) is 5.75 Å². The van der Waals surface area contributed by atoms with Crippen molar-refractivity contribution < 1.29 is 14.3 Å². The fraction of sp³-hybridized carbons (Fsp3) is 0.150. The first-order chi connectivity index (χ1) is 11.7. The summed E-state index contributed by atoms with van der Waals surface area (Å²) < 4.78 is 12.6. The van der Waals surface area contributed by atoms with Crippen LogP contribution >= 0.6 is 0 Å². The molecule has 0 spiro atoms. The van der Waals surface area contributed by atoms with Crippen LogP contribution < -0.4 is 9.47 Å². The van der Waals surface area contributed by atoms with E-state index in [1.165, 1.54) is 6.92 Å². The summed E-state index contributed by atoms with van der Waals surface area (Å²) in [6.07, 6.45) is 0. The molecule has 0 saturated heterocycles. The minimum atomic E-state index is -0.330. The Hall–Kier alpha value is -3.01. The van der Waals surface area contributed by atoms with Gasteiger partial charge in [0, 0.05) is 13.0 Å². The van der Waals surface area contributed by atoms with E-state index in [4.69, 9.17) is 9.47 Å². The molecule has 0 saturated carbocycles. The summed E-state index contributed by atoms with van der Waals surface area (Å²) in [6.45, 7) is 2.03. The van der Waals surface area contributed by atoms with Crippen molar-refractivity contribution in [2.75, 3.05) is 7.11 Å². The summed E-state index contributed by atoms with van der Waals surface area (Å²) >= 11 is 0. The molecule has 4 heteroatoms. The molecule has 0 bridgehead atoms. The first-order valence-electron chi connectivity index (χ1n) is 7.73. The summed E-state index contributed by atoms with van der Waals surface area (Å²) in [4.78, 5) is 11.4. The van der Waals surface area contributed by atoms with Crippen molar-refractivity contribution in [2.45, 2.75) is 13.5 Å². The SMILES string of the molecule is COc1ccc(-c2ccc(OC(C)=O)n2Cc2ccccc2)cc1. The largest absolute Gasteiger partial charge is 0.497 e. The van der Waals surface area contributed by atoms with Crippen molar-refractivity contribution >= 4 is 5.97 Å². The van der Waals surface area contributed by atoms with Gasteiger partial charge in [-0.2, -0.15) is 0 Å². The van der Waals surface area contributed by atoms with Crippen molar-refractivity contribution in [3.63, 3.8) is 0 Å². The van der Waals surface area contributed by atoms with Gasteiger partial charge < -0.3 is 14.0 Å². The average molecular weight is 321 g/mol. The molecule has 0 atom stereocenters. The first kappa shape index (κ1) is 15.9. The number of benzene rings is 2. The Morgan fingerprint density at radius 1 is 0.958 bits per heavy atom. The number of nitrogens with zero attached hydrogens (tertiary/aromatic N) is 1. The maximum absolute atomic E-state index is 11.4. The van der Waals surface area contributed by atoms with E-state index in [9.17, 15) is 4.79 Å². The quantitative estimate of drug-likeness (QED) is 0.663. The van der Waals surface area contributed by atoms with Gasteiger partial charge in [0.15, 0.2) is 0 Å². The lowest BCUT2D eigenvalue weighted by Crippen LogP contribution is -2.09. The summed E-state index contributed by atoms with van der Waals surface area (Å²) in [5.41, 5.74) is 3.15. The van der Waals surface area contributed by atoms with Crippen molar-refractivity contribution in [2.24, 2.45) is 0 Å². The fourth-order valence-electron chi connectivity index (χ4n) is 2.63. The molecule has 0 amide bonds. The van der Waals surface area contributed by atoms with E-state index in [0.29, 0.717) is 12.4 Å². The number of aromatic nitrogens is 1. The third kappa shape index (κ3) is 3.49. The van der Waals surface area contributed by atoms with Crippen LogP contribution in [-0.4, -0.2) is 17.6 Å². The smallest absolute Gasteiger partial charge is 0.309 e. The van der Waals surface area contributed by atoms with Crippen molar-refractivity contribution in [1.29, 1.82) is 0 Å². The molecule has 0 radical (unpaired) electrons. The second-order valence-corrected chi connectivity index (χ2v) is 5.45. The Labute approximate surface area is 141 Å². The van der Waals surface area contributed by atoms with Crippen molar-refractivity contribution in [3.05, 3.63) is 72.3 Å². The number of hydrogen-bond donors (Lipinski definition) is 0. The Bertz CT molecular complexity index is 820. The zero-order valence-electron chi connectivity index (χ0n) is 13.7. The van der Waals surface area contributed by atoms with Gasteiger partial charge in [-0.3, -0.25) is 4.79 Å². The molecule has 0 fully saturated rings. The van der Waals surface area contributed by atoms with Gasteiger partial charge in [0.2, 0.25) is 5.88 Å². The standard InChI is InChI=1S/C20H19NO3/c1-15(22)24-20-13-12-19(17-8-10-18(23-2)11-9-17)21(20)14-16-6-4-3-5-7-16/h3-13H,14H2,1-2H3. The molecule has 2 aromatic carbocycles. The second-order valence-electron chi connectivity index (χ2n) is 5.45. The van der Waals surface area contributed by atoms with Crippen LogP contribution in [0, 0.1) is 0 Å². The van der Waals surface area contributed by atoms with Crippen LogP contribution in [-0.2, 0) is 11.3 Å². The van der Waals surface area contributed by atoms with Crippen LogP contribution in [0.5, 0.6) is 11.6 Å². The third-order valence-corrected chi connectivity index (χ3v) is 3.76. The zero-order chi connectivity index (χ0) is 16.9. The first-order valence-corrected chi connectivity index (χ1v) is 7.73. The molecule has 1 aromatic heterocycles. The van der Waals surface area contributed by atoms with E-state index >= 15 is 0 Å². The number of hydrogen-bond acceptors (Lipinski definition) is 3. The predicted molar refractivity (Wildman–Crippen MR) is 93.3 cm³/mol. The second kappa shape index (κ2) is 7.04. The monoisotopic (exact) mass is 321 g/mol. The number of carbonyl (C=O) groups excluding carboxylic acids is 1. The lowest BCUT2D eigenvalue weighted by atomic mass is 10.1. The van der Waals surface area contributed by atoms with Gasteiger partial charge in [-0.15, -0.1) is 0 Å². The van der Waals surface area contributed by atoms with Gasteiger partial charge in [-0.25, -0.2) is 0 Å². The molecule has 0 aliphatic rings. The molecule has 0 unspecified atom stereocenters. The summed E-state index contributed by atoms with van der Waals surface area (Å²) in [6, 6.07) is 21.7. The molecule has 24 heavy (non-hydrogen) atoms. The number of rotatable bonds is 5. The average Bonchev–Trinajstić information content (AvgIpc) is 2.98. The highest BCUT2D eigenvalue weighted by Gasteiger charge is 2.13. The van der Waals surface area contributed by atoms with Crippen molar-refractivity contribution in [3.8, 4) is 22.9 Å². The van der Waals surface area contributed by atoms with Crippen LogP contribution in [0.4, 0.5) is 0 Å². The van der Waals surface area contributed by atoms with Gasteiger partial charge in [-0.05, 0) is 41.5 Å². The summed E-state index contributed by atoms with van der Waals surface area (Å²) in [7, 11) is 1.64. The van der Waals surface area contributed by atoms with E-state index in [1.54, 1.807) is 7.11 Å². The maximum Gasteiger partial charge on any atom is 0.309 e. The highest BCUT2D eigenvalue weighted by atomic mass is 16.5. The topological polar surface area (TPSA) is 40.5 Å². The Morgan fingerprint density at radius 2 is 1.67 bits per heavy atom. The molecular formula is C20H19NO3. The van der Waals surface area contributed by atoms with Crippen LogP contribution in [0.25, 0.3) is 11.3 Å². The van der Waals surface area contributed by atoms with E-state index in [0.717, 1.165) is 22.6 Å². The van der Waals surface area contributed by atoms with Gasteiger partial charge in [0.05, 0.1) is 19.3 Å². The van der Waals surface area contributed by atoms with Crippen LogP contribution in [0.2, 0.25) is 0 Å². The fourth-order valence-corrected chi connectivity index (χ4v) is 2.63. The molecule has 3 rings (SSSR count). The molecule has 4 nitrogen and oxygen atoms in total. The number of esters is 1. The summed E-state index contributed by atoms with van der Waals surface area (Å²) in [5, 5.41) is 0. The highest BCUT2D eigenvalue weighted by molar-refractivity contribution is 5.70. The van der Waals surface area contributed by atoms with E-state index in [-0.39, 0.29) is 5.97 Å². The Kier molecular flexibility index (Phi) is 4.66. The maximum atomic E-state index is 11.4. The number of ether oxygens (including phenoxy) is 2. The lowest BCUT2D eigenvalue weighted by molar-refractivity contribution is -0.132. The van der Waals surface area contributed by atoms with Crippen molar-refractivity contribution in [1.82, 2.24) is 4.57 Å². The van der Waals surface area contributed by atoms with Crippen LogP contribution in [0.3, 0.4) is 0 Å². The molecule has 0 N–H and O–H groups in total. The van der Waals surface area contributed by atoms with Gasteiger partial charge >= 0.3 is 5.97 Å². The zero-order valence-corrected chi connectivity index (χ0v) is 13.7. The van der Waals surface area contributed by atoms with Crippen LogP contribution in [0.1, 0.15) is 12.5 Å². The Balaban J connectivity index is 2.01. The van der Waals surface area contributed by atoms with Gasteiger partial charge in [0.25, 0.3) is 0 Å². The van der Waals surface area contributed by atoms with E-state index in [2.05, 4.69) is 12.1 Å². The minimum Gasteiger partial charge on any atom is -0.497 e. The highest BCUT2D eigenvalue weighted by Crippen LogP contribution is 2.29. The molecule has 1 heterocycles. The molecular weight excluding hydrogens is 302 g/mol. The van der Waals surface area contributed by atoms with Gasteiger partial charge in [-0.1, -0.05) is 30.3 Å². The number of carbonyl (C=O) groups is 1. The number of methoxy groups -OCH3 is 1. The van der Waals surface area contributed by atoms with E-state index in [1.807, 2.05) is 59.2 Å². The molecule has 0 aliphatic carbocycles. The minimum absolute atomic E-state index is 0.330.